The zero-order chi connectivity index (χ0) is 11.7. The van der Waals surface area contributed by atoms with Gasteiger partial charge in [-0.3, -0.25) is 9.78 Å². The van der Waals surface area contributed by atoms with E-state index < -0.39 is 0 Å². The number of ketones is 1. The molecule has 0 radical (unpaired) electrons. The minimum absolute atomic E-state index is 0.0116. The third-order valence-corrected chi connectivity index (χ3v) is 2.48. The second kappa shape index (κ2) is 3.89. The van der Waals surface area contributed by atoms with E-state index in [0.29, 0.717) is 11.1 Å². The van der Waals surface area contributed by atoms with Crippen molar-refractivity contribution in [3.8, 4) is 0 Å². The average molecular weight is 211 g/mol. The van der Waals surface area contributed by atoms with Gasteiger partial charge in [0.2, 0.25) is 0 Å². The molecule has 1 aromatic carbocycles. The number of benzene rings is 1. The number of Topliss-reactive ketones (excluding diaryl/α,β-unsaturated/α-hetero) is 1. The Hall–Kier alpha value is -1.96. The summed E-state index contributed by atoms with van der Waals surface area (Å²) in [5.74, 6) is -0.0116. The Morgan fingerprint density at radius 1 is 1.25 bits per heavy atom. The largest absolute Gasteiger partial charge is 0.289 e. The van der Waals surface area contributed by atoms with Crippen molar-refractivity contribution in [2.45, 2.75) is 13.8 Å². The monoisotopic (exact) mass is 211 g/mol. The number of carbonyl (C=O) groups is 1. The van der Waals surface area contributed by atoms with Gasteiger partial charge >= 0.3 is 0 Å². The Morgan fingerprint density at radius 3 is 2.69 bits per heavy atom. The Bertz CT molecular complexity index is 584. The van der Waals surface area contributed by atoms with Gasteiger partial charge in [0.15, 0.2) is 5.78 Å². The molecule has 0 spiro atoms. The van der Waals surface area contributed by atoms with E-state index in [1.165, 1.54) is 0 Å². The molecule has 0 atom stereocenters. The molecule has 0 bridgehead atoms. The molecule has 0 saturated heterocycles. The molecular formula is C14H13NO. The highest BCUT2D eigenvalue weighted by atomic mass is 16.1. The van der Waals surface area contributed by atoms with Crippen molar-refractivity contribution in [3.05, 3.63) is 53.7 Å². The lowest BCUT2D eigenvalue weighted by Gasteiger charge is -2.03. The highest BCUT2D eigenvalue weighted by Gasteiger charge is 2.07. The van der Waals surface area contributed by atoms with Crippen molar-refractivity contribution in [1.29, 1.82) is 0 Å². The lowest BCUT2D eigenvalue weighted by atomic mass is 10.0. The van der Waals surface area contributed by atoms with Gasteiger partial charge in [-0.25, -0.2) is 0 Å². The maximum absolute atomic E-state index is 11.7. The summed E-state index contributed by atoms with van der Waals surface area (Å²) < 4.78 is 0. The summed E-state index contributed by atoms with van der Waals surface area (Å²) in [7, 11) is 0. The zero-order valence-corrected chi connectivity index (χ0v) is 9.45. The van der Waals surface area contributed by atoms with Crippen molar-refractivity contribution in [3.63, 3.8) is 0 Å². The Kier molecular flexibility index (Phi) is 2.57. The summed E-state index contributed by atoms with van der Waals surface area (Å²) in [6.07, 6.45) is 0. The second-order valence-corrected chi connectivity index (χ2v) is 3.97. The molecule has 0 aliphatic rings. The molecule has 2 heteroatoms. The van der Waals surface area contributed by atoms with Crippen LogP contribution in [0.1, 0.15) is 23.0 Å². The number of carbonyl (C=O) groups excluding carboxylic acids is 1. The van der Waals surface area contributed by atoms with Gasteiger partial charge in [0.1, 0.15) is 0 Å². The Labute approximate surface area is 94.6 Å². The van der Waals surface area contributed by atoms with Crippen LogP contribution < -0.4 is 0 Å². The number of aryl methyl sites for hydroxylation is 1. The van der Waals surface area contributed by atoms with Gasteiger partial charge in [-0.05, 0) is 43.7 Å². The Balaban J connectivity index is 2.57. The lowest BCUT2D eigenvalue weighted by Crippen LogP contribution is -1.99. The van der Waals surface area contributed by atoms with E-state index in [2.05, 4.69) is 11.6 Å². The standard InChI is InChI=1S/C14H13NO/c1-9(2)14(16)12-6-7-13-11(8-12)5-4-10(3)15-13/h4-8H,1H2,2-3H3. The molecule has 0 N–H and O–H groups in total. The van der Waals surface area contributed by atoms with Crippen LogP contribution in [0.4, 0.5) is 0 Å². The number of allylic oxidation sites excluding steroid dienone is 1. The van der Waals surface area contributed by atoms with E-state index in [4.69, 9.17) is 0 Å². The third kappa shape index (κ3) is 1.87. The van der Waals surface area contributed by atoms with E-state index in [-0.39, 0.29) is 5.78 Å². The first kappa shape index (κ1) is 10.6. The first-order valence-electron chi connectivity index (χ1n) is 5.15. The molecule has 0 amide bonds. The summed E-state index contributed by atoms with van der Waals surface area (Å²) in [5.41, 5.74) is 3.12. The number of pyridine rings is 1. The number of aromatic nitrogens is 1. The minimum atomic E-state index is -0.0116. The van der Waals surface area contributed by atoms with Crippen LogP contribution in [0.15, 0.2) is 42.5 Å². The highest BCUT2D eigenvalue weighted by Crippen LogP contribution is 2.16. The van der Waals surface area contributed by atoms with Gasteiger partial charge in [-0.1, -0.05) is 12.6 Å². The Morgan fingerprint density at radius 2 is 2.00 bits per heavy atom. The van der Waals surface area contributed by atoms with Gasteiger partial charge in [-0.2, -0.15) is 0 Å². The predicted molar refractivity (Wildman–Crippen MR) is 65.6 cm³/mol. The molecule has 16 heavy (non-hydrogen) atoms. The summed E-state index contributed by atoms with van der Waals surface area (Å²) in [5, 5.41) is 0.984. The van der Waals surface area contributed by atoms with E-state index in [9.17, 15) is 4.79 Å². The topological polar surface area (TPSA) is 30.0 Å². The second-order valence-electron chi connectivity index (χ2n) is 3.97. The molecule has 0 aliphatic heterocycles. The van der Waals surface area contributed by atoms with Crippen LogP contribution in [0.25, 0.3) is 10.9 Å². The van der Waals surface area contributed by atoms with Gasteiger partial charge in [0.05, 0.1) is 5.52 Å². The zero-order valence-electron chi connectivity index (χ0n) is 9.45. The molecular weight excluding hydrogens is 198 g/mol. The summed E-state index contributed by atoms with van der Waals surface area (Å²) >= 11 is 0. The predicted octanol–water partition coefficient (Wildman–Crippen LogP) is 3.30. The average Bonchev–Trinajstić information content (AvgIpc) is 2.27. The lowest BCUT2D eigenvalue weighted by molar-refractivity contribution is 0.103. The quantitative estimate of drug-likeness (QED) is 0.563. The molecule has 1 heterocycles. The van der Waals surface area contributed by atoms with E-state index in [1.54, 1.807) is 13.0 Å². The number of fused-ring (bicyclic) bond motifs is 1. The highest BCUT2D eigenvalue weighted by molar-refractivity contribution is 6.09. The first-order chi connectivity index (χ1) is 7.58. The SMILES string of the molecule is C=C(C)C(=O)c1ccc2nc(C)ccc2c1. The van der Waals surface area contributed by atoms with Crippen LogP contribution in [0.3, 0.4) is 0 Å². The van der Waals surface area contributed by atoms with Crippen molar-refractivity contribution in [1.82, 2.24) is 4.98 Å². The molecule has 0 aliphatic carbocycles. The number of nitrogens with zero attached hydrogens (tertiary/aromatic N) is 1. The number of rotatable bonds is 2. The van der Waals surface area contributed by atoms with E-state index in [0.717, 1.165) is 16.6 Å². The molecule has 1 aromatic heterocycles. The van der Waals surface area contributed by atoms with Crippen LogP contribution in [0.5, 0.6) is 0 Å². The fraction of sp³-hybridized carbons (Fsp3) is 0.143. The van der Waals surface area contributed by atoms with Crippen molar-refractivity contribution in [2.75, 3.05) is 0 Å². The number of hydrogen-bond acceptors (Lipinski definition) is 2. The van der Waals surface area contributed by atoms with E-state index in [1.807, 2.05) is 31.2 Å². The third-order valence-electron chi connectivity index (χ3n) is 2.48. The fourth-order valence-corrected chi connectivity index (χ4v) is 1.62. The molecule has 0 fully saturated rings. The molecule has 80 valence electrons. The molecule has 2 aromatic rings. The van der Waals surface area contributed by atoms with Gasteiger partial charge in [0.25, 0.3) is 0 Å². The first-order valence-corrected chi connectivity index (χ1v) is 5.15. The van der Waals surface area contributed by atoms with Crippen molar-refractivity contribution in [2.24, 2.45) is 0 Å². The maximum atomic E-state index is 11.7. The van der Waals surface area contributed by atoms with Crippen LogP contribution in [-0.4, -0.2) is 10.8 Å². The van der Waals surface area contributed by atoms with Gasteiger partial charge < -0.3 is 0 Å². The van der Waals surface area contributed by atoms with Crippen LogP contribution in [0.2, 0.25) is 0 Å². The fourth-order valence-electron chi connectivity index (χ4n) is 1.62. The minimum Gasteiger partial charge on any atom is -0.289 e. The molecule has 2 nitrogen and oxygen atoms in total. The smallest absolute Gasteiger partial charge is 0.188 e. The summed E-state index contributed by atoms with van der Waals surface area (Å²) in [6, 6.07) is 9.45. The molecule has 0 saturated carbocycles. The van der Waals surface area contributed by atoms with Crippen molar-refractivity contribution < 1.29 is 4.79 Å². The maximum Gasteiger partial charge on any atom is 0.188 e. The summed E-state index contributed by atoms with van der Waals surface area (Å²) in [6.45, 7) is 7.33. The van der Waals surface area contributed by atoms with Crippen LogP contribution in [0, 0.1) is 6.92 Å². The normalized spacial score (nSPS) is 10.4. The van der Waals surface area contributed by atoms with Crippen LogP contribution in [-0.2, 0) is 0 Å². The molecule has 0 unspecified atom stereocenters. The van der Waals surface area contributed by atoms with Gasteiger partial charge in [0, 0.05) is 16.6 Å². The van der Waals surface area contributed by atoms with Gasteiger partial charge in [-0.15, -0.1) is 0 Å². The molecule has 2 rings (SSSR count). The summed E-state index contributed by atoms with van der Waals surface area (Å²) in [4.78, 5) is 16.1. The number of hydrogen-bond donors (Lipinski definition) is 0. The van der Waals surface area contributed by atoms with E-state index >= 15 is 0 Å². The van der Waals surface area contributed by atoms with Crippen LogP contribution >= 0.6 is 0 Å². The van der Waals surface area contributed by atoms with Crippen molar-refractivity contribution >= 4 is 16.7 Å².